The zero-order chi connectivity index (χ0) is 24.3. The van der Waals surface area contributed by atoms with Crippen LogP contribution in [0.5, 0.6) is 0 Å². The molecule has 0 atom stereocenters. The first-order chi connectivity index (χ1) is 17.0. The van der Waals surface area contributed by atoms with Crippen LogP contribution in [0.15, 0.2) is 135 Å². The summed E-state index contributed by atoms with van der Waals surface area (Å²) in [5.41, 5.74) is 2.20. The highest BCUT2D eigenvalue weighted by Crippen LogP contribution is 2.43. The van der Waals surface area contributed by atoms with E-state index < -0.39 is 10.0 Å². The van der Waals surface area contributed by atoms with Crippen molar-refractivity contribution >= 4 is 33.3 Å². The van der Waals surface area contributed by atoms with Crippen molar-refractivity contribution in [1.82, 2.24) is 4.98 Å². The molecule has 5 aromatic rings. The molecule has 0 aliphatic heterocycles. The summed E-state index contributed by atoms with van der Waals surface area (Å²) >= 11 is 1.33. The molecule has 0 unspecified atom stereocenters. The molecule has 0 aliphatic rings. The van der Waals surface area contributed by atoms with E-state index in [0.717, 1.165) is 16.0 Å². The number of para-hydroxylation sites is 1. The first kappa shape index (κ1) is 23.0. The molecule has 1 aromatic heterocycles. The van der Waals surface area contributed by atoms with Gasteiger partial charge in [-0.05, 0) is 67.2 Å². The Morgan fingerprint density at radius 2 is 1.31 bits per heavy atom. The molecule has 7 heteroatoms. The maximum atomic E-state index is 14.0. The Bertz CT molecular complexity index is 1520. The van der Waals surface area contributed by atoms with Gasteiger partial charge in [0.1, 0.15) is 0 Å². The zero-order valence-corrected chi connectivity index (χ0v) is 20.5. The summed E-state index contributed by atoms with van der Waals surface area (Å²) in [4.78, 5) is 5.80. The van der Waals surface area contributed by atoms with Crippen LogP contribution in [0.2, 0.25) is 0 Å². The van der Waals surface area contributed by atoms with E-state index in [4.69, 9.17) is 9.40 Å². The predicted octanol–water partition coefficient (Wildman–Crippen LogP) is 7.33. The summed E-state index contributed by atoms with van der Waals surface area (Å²) < 4.78 is 35.5. The maximum Gasteiger partial charge on any atom is 0.270 e. The van der Waals surface area contributed by atoms with Crippen LogP contribution in [0.4, 0.5) is 11.5 Å². The van der Waals surface area contributed by atoms with Crippen molar-refractivity contribution < 1.29 is 12.8 Å². The quantitative estimate of drug-likeness (QED) is 0.235. The SMILES string of the molecule is Cc1ccc(S(=O)(=O)N(c2ccccc2)c2nc(-c3ccccc3)oc2Sc2ccccc2)cc1. The standard InChI is InChI=1S/C28H22N2O3S2/c1-21-17-19-25(20-18-21)35(31,32)30(23-13-7-3-8-14-23)26-28(34-24-15-9-4-10-16-24)33-27(29-26)22-11-5-2-6-12-22/h2-20H,1H3. The second-order valence-electron chi connectivity index (χ2n) is 7.83. The van der Waals surface area contributed by atoms with Gasteiger partial charge in [0.2, 0.25) is 16.8 Å². The molecule has 0 radical (unpaired) electrons. The summed E-state index contributed by atoms with van der Waals surface area (Å²) in [5, 5.41) is 0.384. The maximum absolute atomic E-state index is 14.0. The molecule has 4 aromatic carbocycles. The second kappa shape index (κ2) is 9.82. The number of oxazole rings is 1. The summed E-state index contributed by atoms with van der Waals surface area (Å²) in [6, 6.07) is 34.9. The molecule has 174 valence electrons. The van der Waals surface area contributed by atoms with Crippen molar-refractivity contribution in [2.24, 2.45) is 0 Å². The van der Waals surface area contributed by atoms with E-state index in [0.29, 0.717) is 16.7 Å². The van der Waals surface area contributed by atoms with Gasteiger partial charge >= 0.3 is 0 Å². The number of hydrogen-bond donors (Lipinski definition) is 0. The van der Waals surface area contributed by atoms with Crippen LogP contribution in [-0.2, 0) is 10.0 Å². The van der Waals surface area contributed by atoms with Crippen LogP contribution in [0.1, 0.15) is 5.56 Å². The first-order valence-electron chi connectivity index (χ1n) is 11.0. The summed E-state index contributed by atoms with van der Waals surface area (Å²) in [5.74, 6) is 0.559. The van der Waals surface area contributed by atoms with Crippen LogP contribution in [0.25, 0.3) is 11.5 Å². The average Bonchev–Trinajstić information content (AvgIpc) is 3.29. The van der Waals surface area contributed by atoms with Gasteiger partial charge in [-0.3, -0.25) is 0 Å². The lowest BCUT2D eigenvalue weighted by Crippen LogP contribution is -2.27. The van der Waals surface area contributed by atoms with E-state index >= 15 is 0 Å². The van der Waals surface area contributed by atoms with Crippen LogP contribution in [0.3, 0.4) is 0 Å². The van der Waals surface area contributed by atoms with Crippen molar-refractivity contribution in [2.75, 3.05) is 4.31 Å². The highest BCUT2D eigenvalue weighted by molar-refractivity contribution is 7.99. The lowest BCUT2D eigenvalue weighted by molar-refractivity contribution is 0.485. The van der Waals surface area contributed by atoms with E-state index in [1.165, 1.54) is 16.1 Å². The lowest BCUT2D eigenvalue weighted by atomic mass is 10.2. The monoisotopic (exact) mass is 498 g/mol. The number of aryl methyl sites for hydroxylation is 1. The molecule has 5 nitrogen and oxygen atoms in total. The van der Waals surface area contributed by atoms with E-state index in [1.54, 1.807) is 48.5 Å². The fraction of sp³-hybridized carbons (Fsp3) is 0.0357. The van der Waals surface area contributed by atoms with Gasteiger partial charge in [-0.1, -0.05) is 72.3 Å². The van der Waals surface area contributed by atoms with Crippen molar-refractivity contribution in [1.29, 1.82) is 0 Å². The van der Waals surface area contributed by atoms with Crippen LogP contribution < -0.4 is 4.31 Å². The molecule has 0 N–H and O–H groups in total. The molecular formula is C28H22N2O3S2. The average molecular weight is 499 g/mol. The number of nitrogens with zero attached hydrogens (tertiary/aromatic N) is 2. The topological polar surface area (TPSA) is 63.4 Å². The molecule has 0 fully saturated rings. The fourth-order valence-corrected chi connectivity index (χ4v) is 5.90. The second-order valence-corrected chi connectivity index (χ2v) is 10.7. The molecule has 35 heavy (non-hydrogen) atoms. The minimum Gasteiger partial charge on any atom is -0.427 e. The van der Waals surface area contributed by atoms with Gasteiger partial charge in [-0.25, -0.2) is 12.7 Å². The largest absolute Gasteiger partial charge is 0.427 e. The van der Waals surface area contributed by atoms with Crippen LogP contribution >= 0.6 is 11.8 Å². The Morgan fingerprint density at radius 3 is 1.94 bits per heavy atom. The van der Waals surface area contributed by atoms with E-state index in [9.17, 15) is 8.42 Å². The Morgan fingerprint density at radius 1 is 0.743 bits per heavy atom. The number of anilines is 2. The minimum atomic E-state index is -4.01. The van der Waals surface area contributed by atoms with Gasteiger partial charge in [-0.2, -0.15) is 4.98 Å². The normalized spacial score (nSPS) is 11.3. The number of sulfonamides is 1. The van der Waals surface area contributed by atoms with Gasteiger partial charge in [0.15, 0.2) is 0 Å². The number of benzene rings is 4. The fourth-order valence-electron chi connectivity index (χ4n) is 3.55. The smallest absolute Gasteiger partial charge is 0.270 e. The van der Waals surface area contributed by atoms with Gasteiger partial charge in [0, 0.05) is 10.5 Å². The van der Waals surface area contributed by atoms with Crippen LogP contribution in [0, 0.1) is 6.92 Å². The van der Waals surface area contributed by atoms with Gasteiger partial charge in [-0.15, -0.1) is 0 Å². The Kier molecular flexibility index (Phi) is 6.44. The van der Waals surface area contributed by atoms with Crippen molar-refractivity contribution in [3.63, 3.8) is 0 Å². The van der Waals surface area contributed by atoms with Crippen molar-refractivity contribution in [2.45, 2.75) is 21.8 Å². The van der Waals surface area contributed by atoms with E-state index in [2.05, 4.69) is 0 Å². The summed E-state index contributed by atoms with van der Waals surface area (Å²) in [7, 11) is -4.01. The molecule has 1 heterocycles. The molecule has 0 spiro atoms. The number of hydrogen-bond acceptors (Lipinski definition) is 5. The van der Waals surface area contributed by atoms with Gasteiger partial charge in [0.05, 0.1) is 10.6 Å². The number of aromatic nitrogens is 1. The summed E-state index contributed by atoms with van der Waals surface area (Å²) in [6.45, 7) is 1.92. The molecule has 5 rings (SSSR count). The molecular weight excluding hydrogens is 476 g/mol. The minimum absolute atomic E-state index is 0.173. The van der Waals surface area contributed by atoms with Crippen LogP contribution in [-0.4, -0.2) is 13.4 Å². The Labute approximate surface area is 209 Å². The van der Waals surface area contributed by atoms with E-state index in [-0.39, 0.29) is 10.7 Å². The highest BCUT2D eigenvalue weighted by Gasteiger charge is 2.33. The number of rotatable bonds is 7. The molecule has 0 bridgehead atoms. The highest BCUT2D eigenvalue weighted by atomic mass is 32.2. The summed E-state index contributed by atoms with van der Waals surface area (Å²) in [6.07, 6.45) is 0. The van der Waals surface area contributed by atoms with Gasteiger partial charge in [0.25, 0.3) is 10.0 Å². The molecule has 0 saturated heterocycles. The molecule has 0 amide bonds. The molecule has 0 aliphatic carbocycles. The Balaban J connectivity index is 1.72. The molecule has 0 saturated carbocycles. The predicted molar refractivity (Wildman–Crippen MR) is 139 cm³/mol. The van der Waals surface area contributed by atoms with E-state index in [1.807, 2.05) is 73.7 Å². The third-order valence-electron chi connectivity index (χ3n) is 5.30. The Hall–Kier alpha value is -3.81. The van der Waals surface area contributed by atoms with Crippen molar-refractivity contribution in [3.8, 4) is 11.5 Å². The van der Waals surface area contributed by atoms with Crippen molar-refractivity contribution in [3.05, 3.63) is 121 Å². The lowest BCUT2D eigenvalue weighted by Gasteiger charge is -2.23. The first-order valence-corrected chi connectivity index (χ1v) is 13.2. The van der Waals surface area contributed by atoms with Gasteiger partial charge < -0.3 is 4.42 Å². The third-order valence-corrected chi connectivity index (χ3v) is 7.99. The zero-order valence-electron chi connectivity index (χ0n) is 18.9. The third kappa shape index (κ3) is 4.87.